The molecule has 2 rings (SSSR count). The molecule has 0 unspecified atom stereocenters. The predicted molar refractivity (Wildman–Crippen MR) is 76.9 cm³/mol. The maximum absolute atomic E-state index is 12.4. The molecule has 1 aromatic rings. The van der Waals surface area contributed by atoms with Crippen LogP contribution in [0.15, 0.2) is 24.3 Å². The minimum Gasteiger partial charge on any atom is -0.326 e. The lowest BCUT2D eigenvalue weighted by atomic mass is 10.0. The van der Waals surface area contributed by atoms with Crippen molar-refractivity contribution in [2.75, 3.05) is 13.1 Å². The van der Waals surface area contributed by atoms with E-state index >= 15 is 0 Å². The summed E-state index contributed by atoms with van der Waals surface area (Å²) in [5.41, 5.74) is 7.37. The Morgan fingerprint density at radius 1 is 1.26 bits per heavy atom. The third-order valence-corrected chi connectivity index (χ3v) is 5.56. The molecule has 0 spiro atoms. The SMILES string of the molecule is CC1CCN(S(=O)(=O)Cc2cccc(CN)c2)CC1. The van der Waals surface area contributed by atoms with E-state index in [1.165, 1.54) is 0 Å². The van der Waals surface area contributed by atoms with Crippen LogP contribution in [0.5, 0.6) is 0 Å². The molecule has 0 amide bonds. The van der Waals surface area contributed by atoms with Crippen molar-refractivity contribution in [1.82, 2.24) is 4.31 Å². The number of nitrogens with two attached hydrogens (primary N) is 1. The molecule has 2 N–H and O–H groups in total. The van der Waals surface area contributed by atoms with E-state index in [1.54, 1.807) is 4.31 Å². The summed E-state index contributed by atoms with van der Waals surface area (Å²) in [5.74, 6) is 0.710. The van der Waals surface area contributed by atoms with Crippen molar-refractivity contribution >= 4 is 10.0 Å². The van der Waals surface area contributed by atoms with Crippen LogP contribution in [0.25, 0.3) is 0 Å². The number of rotatable bonds is 4. The number of benzene rings is 1. The molecular weight excluding hydrogens is 260 g/mol. The Balaban J connectivity index is 2.08. The van der Waals surface area contributed by atoms with Gasteiger partial charge in [-0.3, -0.25) is 0 Å². The highest BCUT2D eigenvalue weighted by Gasteiger charge is 2.26. The van der Waals surface area contributed by atoms with Gasteiger partial charge in [-0.1, -0.05) is 31.2 Å². The zero-order valence-electron chi connectivity index (χ0n) is 11.4. The summed E-state index contributed by atoms with van der Waals surface area (Å²) in [6.07, 6.45) is 1.92. The quantitative estimate of drug-likeness (QED) is 0.914. The Morgan fingerprint density at radius 3 is 2.53 bits per heavy atom. The van der Waals surface area contributed by atoms with Crippen molar-refractivity contribution in [2.45, 2.75) is 32.1 Å². The lowest BCUT2D eigenvalue weighted by Crippen LogP contribution is -2.38. The first-order valence-corrected chi connectivity index (χ1v) is 8.38. The lowest BCUT2D eigenvalue weighted by Gasteiger charge is -2.29. The third kappa shape index (κ3) is 3.78. The maximum atomic E-state index is 12.4. The van der Waals surface area contributed by atoms with E-state index in [0.717, 1.165) is 24.0 Å². The van der Waals surface area contributed by atoms with E-state index in [-0.39, 0.29) is 5.75 Å². The Labute approximate surface area is 115 Å². The smallest absolute Gasteiger partial charge is 0.218 e. The van der Waals surface area contributed by atoms with Gasteiger partial charge in [-0.25, -0.2) is 12.7 Å². The average molecular weight is 282 g/mol. The third-order valence-electron chi connectivity index (χ3n) is 3.71. The maximum Gasteiger partial charge on any atom is 0.218 e. The highest BCUT2D eigenvalue weighted by molar-refractivity contribution is 7.88. The predicted octanol–water partition coefficient (Wildman–Crippen LogP) is 1.71. The highest BCUT2D eigenvalue weighted by Crippen LogP contribution is 2.21. The van der Waals surface area contributed by atoms with Crippen LogP contribution in [0.1, 0.15) is 30.9 Å². The van der Waals surface area contributed by atoms with Gasteiger partial charge >= 0.3 is 0 Å². The van der Waals surface area contributed by atoms with Gasteiger partial charge < -0.3 is 5.73 Å². The molecule has 1 fully saturated rings. The van der Waals surface area contributed by atoms with Gasteiger partial charge in [-0.05, 0) is 29.9 Å². The fourth-order valence-corrected chi connectivity index (χ4v) is 3.96. The summed E-state index contributed by atoms with van der Waals surface area (Å²) in [6, 6.07) is 7.51. The summed E-state index contributed by atoms with van der Waals surface area (Å²) in [4.78, 5) is 0. The van der Waals surface area contributed by atoms with Gasteiger partial charge in [0, 0.05) is 19.6 Å². The van der Waals surface area contributed by atoms with Crippen LogP contribution in [-0.2, 0) is 22.3 Å². The molecular formula is C14H22N2O2S. The lowest BCUT2D eigenvalue weighted by molar-refractivity contribution is 0.287. The van der Waals surface area contributed by atoms with Crippen molar-refractivity contribution in [1.29, 1.82) is 0 Å². The fraction of sp³-hybridized carbons (Fsp3) is 0.571. The van der Waals surface area contributed by atoms with Crippen LogP contribution >= 0.6 is 0 Å². The second kappa shape index (κ2) is 6.03. The minimum atomic E-state index is -3.19. The van der Waals surface area contributed by atoms with E-state index in [1.807, 2.05) is 24.3 Å². The van der Waals surface area contributed by atoms with Crippen LogP contribution < -0.4 is 5.73 Å². The molecule has 0 aliphatic carbocycles. The van der Waals surface area contributed by atoms with Crippen LogP contribution in [0, 0.1) is 5.92 Å². The van der Waals surface area contributed by atoms with Crippen molar-refractivity contribution < 1.29 is 8.42 Å². The largest absolute Gasteiger partial charge is 0.326 e. The highest BCUT2D eigenvalue weighted by atomic mass is 32.2. The molecule has 19 heavy (non-hydrogen) atoms. The molecule has 1 aliphatic rings. The van der Waals surface area contributed by atoms with Gasteiger partial charge in [0.25, 0.3) is 0 Å². The molecule has 1 saturated heterocycles. The molecule has 1 aliphatic heterocycles. The zero-order chi connectivity index (χ0) is 13.9. The van der Waals surface area contributed by atoms with Gasteiger partial charge in [-0.15, -0.1) is 0 Å². The van der Waals surface area contributed by atoms with Gasteiger partial charge in [-0.2, -0.15) is 0 Å². The first kappa shape index (κ1) is 14.5. The first-order valence-electron chi connectivity index (χ1n) is 6.77. The summed E-state index contributed by atoms with van der Waals surface area (Å²) in [7, 11) is -3.19. The normalized spacial score (nSPS) is 18.6. The summed E-state index contributed by atoms with van der Waals surface area (Å²) >= 11 is 0. The Bertz CT molecular complexity index is 520. The van der Waals surface area contributed by atoms with Crippen molar-refractivity contribution in [3.63, 3.8) is 0 Å². The number of piperidine rings is 1. The van der Waals surface area contributed by atoms with Gasteiger partial charge in [0.2, 0.25) is 10.0 Å². The molecule has 1 aromatic carbocycles. The topological polar surface area (TPSA) is 63.4 Å². The standard InChI is InChI=1S/C14H22N2O2S/c1-12-5-7-16(8-6-12)19(17,18)11-14-4-2-3-13(9-14)10-15/h2-4,9,12H,5-8,10-11,15H2,1H3. The molecule has 0 atom stereocenters. The molecule has 4 nitrogen and oxygen atoms in total. The molecule has 1 heterocycles. The van der Waals surface area contributed by atoms with E-state index in [4.69, 9.17) is 5.73 Å². The molecule has 0 saturated carbocycles. The second-order valence-electron chi connectivity index (χ2n) is 5.36. The van der Waals surface area contributed by atoms with Crippen molar-refractivity contribution in [3.8, 4) is 0 Å². The summed E-state index contributed by atoms with van der Waals surface area (Å²) < 4.78 is 26.3. The van der Waals surface area contributed by atoms with E-state index in [2.05, 4.69) is 6.92 Å². The van der Waals surface area contributed by atoms with Crippen molar-refractivity contribution in [2.24, 2.45) is 11.7 Å². The van der Waals surface area contributed by atoms with E-state index in [0.29, 0.717) is 25.6 Å². The monoisotopic (exact) mass is 282 g/mol. The van der Waals surface area contributed by atoms with Gasteiger partial charge in [0.05, 0.1) is 5.75 Å². The molecule has 106 valence electrons. The number of hydrogen-bond donors (Lipinski definition) is 1. The van der Waals surface area contributed by atoms with E-state index < -0.39 is 10.0 Å². The molecule has 0 aromatic heterocycles. The average Bonchev–Trinajstić information content (AvgIpc) is 2.39. The van der Waals surface area contributed by atoms with Crippen LogP contribution in [-0.4, -0.2) is 25.8 Å². The zero-order valence-corrected chi connectivity index (χ0v) is 12.2. The fourth-order valence-electron chi connectivity index (χ4n) is 2.41. The Morgan fingerprint density at radius 2 is 1.89 bits per heavy atom. The van der Waals surface area contributed by atoms with E-state index in [9.17, 15) is 8.42 Å². The summed E-state index contributed by atoms with van der Waals surface area (Å²) in [6.45, 7) is 3.92. The Kier molecular flexibility index (Phi) is 4.60. The second-order valence-corrected chi connectivity index (χ2v) is 7.33. The first-order chi connectivity index (χ1) is 9.01. The Hall–Kier alpha value is -0.910. The minimum absolute atomic E-state index is 0.0786. The molecule has 5 heteroatoms. The molecule has 0 bridgehead atoms. The van der Waals surface area contributed by atoms with Gasteiger partial charge in [0.15, 0.2) is 0 Å². The number of nitrogens with zero attached hydrogens (tertiary/aromatic N) is 1. The summed E-state index contributed by atoms with van der Waals surface area (Å²) in [5, 5.41) is 0. The van der Waals surface area contributed by atoms with Crippen LogP contribution in [0.2, 0.25) is 0 Å². The van der Waals surface area contributed by atoms with Gasteiger partial charge in [0.1, 0.15) is 0 Å². The number of hydrogen-bond acceptors (Lipinski definition) is 3. The van der Waals surface area contributed by atoms with Crippen molar-refractivity contribution in [3.05, 3.63) is 35.4 Å². The van der Waals surface area contributed by atoms with Crippen LogP contribution in [0.4, 0.5) is 0 Å². The number of sulfonamides is 1. The van der Waals surface area contributed by atoms with Crippen LogP contribution in [0.3, 0.4) is 0 Å². The molecule has 0 radical (unpaired) electrons.